The number of benzene rings is 2. The highest BCUT2D eigenvalue weighted by atomic mass is 35.5. The van der Waals surface area contributed by atoms with Crippen molar-refractivity contribution in [3.8, 4) is 0 Å². The Hall–Kier alpha value is -3.20. The zero-order valence-corrected chi connectivity index (χ0v) is 19.7. The van der Waals surface area contributed by atoms with Gasteiger partial charge in [0.05, 0.1) is 21.2 Å². The number of nitrogens with zero attached hydrogens (tertiary/aromatic N) is 3. The number of aryl methyl sites for hydroxylation is 1. The molecule has 7 nitrogen and oxygen atoms in total. The predicted molar refractivity (Wildman–Crippen MR) is 126 cm³/mol. The summed E-state index contributed by atoms with van der Waals surface area (Å²) in [7, 11) is -2.36. The first kappa shape index (κ1) is 23.0. The number of carbonyl (C=O) groups is 1. The molecule has 0 amide bonds. The molecular weight excluding hydrogens is 462 g/mol. The number of aromatic nitrogens is 2. The molecule has 0 bridgehead atoms. The maximum absolute atomic E-state index is 13.1. The van der Waals surface area contributed by atoms with E-state index >= 15 is 0 Å². The number of esters is 1. The van der Waals surface area contributed by atoms with E-state index < -0.39 is 16.0 Å². The molecule has 2 aromatic heterocycles. The van der Waals surface area contributed by atoms with Crippen molar-refractivity contribution in [3.05, 3.63) is 100 Å². The van der Waals surface area contributed by atoms with Crippen molar-refractivity contribution in [2.45, 2.75) is 25.0 Å². The largest absolute Gasteiger partial charge is 0.455 e. The second-order valence-corrected chi connectivity index (χ2v) is 10.1. The van der Waals surface area contributed by atoms with Gasteiger partial charge in [-0.15, -0.1) is 0 Å². The fourth-order valence-electron chi connectivity index (χ4n) is 3.42. The fourth-order valence-corrected chi connectivity index (χ4v) is 4.80. The van der Waals surface area contributed by atoms with Crippen molar-refractivity contribution in [1.82, 2.24) is 13.7 Å². The molecule has 0 saturated heterocycles. The van der Waals surface area contributed by atoms with Crippen molar-refractivity contribution >= 4 is 33.2 Å². The van der Waals surface area contributed by atoms with E-state index in [0.29, 0.717) is 5.69 Å². The van der Waals surface area contributed by atoms with Gasteiger partial charge < -0.3 is 9.14 Å². The molecular formula is C24H22ClN3O4S. The van der Waals surface area contributed by atoms with Crippen LogP contribution in [0, 0.1) is 6.92 Å². The Bertz CT molecular complexity index is 1420. The van der Waals surface area contributed by atoms with E-state index in [9.17, 15) is 13.2 Å². The molecule has 0 aliphatic rings. The molecule has 2 aromatic carbocycles. The van der Waals surface area contributed by atoms with E-state index in [2.05, 4.69) is 4.98 Å². The number of imidazole rings is 1. The summed E-state index contributed by atoms with van der Waals surface area (Å²) in [5.74, 6) is -0.725. The van der Waals surface area contributed by atoms with Crippen LogP contribution in [0.3, 0.4) is 0 Å². The van der Waals surface area contributed by atoms with Crippen molar-refractivity contribution in [3.63, 3.8) is 0 Å². The molecule has 0 radical (unpaired) electrons. The Morgan fingerprint density at radius 3 is 2.61 bits per heavy atom. The van der Waals surface area contributed by atoms with Crippen molar-refractivity contribution in [2.75, 3.05) is 7.05 Å². The number of pyridine rings is 1. The highest BCUT2D eigenvalue weighted by molar-refractivity contribution is 7.89. The molecule has 4 rings (SSSR count). The van der Waals surface area contributed by atoms with Gasteiger partial charge in [0.1, 0.15) is 12.3 Å². The monoisotopic (exact) mass is 483 g/mol. The summed E-state index contributed by atoms with van der Waals surface area (Å²) in [4.78, 5) is 17.1. The van der Waals surface area contributed by atoms with E-state index in [1.807, 2.05) is 60.0 Å². The number of rotatable bonds is 7. The van der Waals surface area contributed by atoms with Crippen molar-refractivity contribution in [1.29, 1.82) is 0 Å². The summed E-state index contributed by atoms with van der Waals surface area (Å²) in [6.45, 7) is 2.07. The van der Waals surface area contributed by atoms with E-state index in [0.717, 1.165) is 16.8 Å². The molecule has 0 saturated carbocycles. The van der Waals surface area contributed by atoms with E-state index in [-0.39, 0.29) is 28.6 Å². The highest BCUT2D eigenvalue weighted by Gasteiger charge is 2.24. The standard InChI is InChI=1S/C24H22ClN3O4S/c1-17-7-6-12-28-15-19(26-23(17)28)16-32-24(29)21-13-20(10-11-22(21)25)33(30,31)27(2)14-18-8-4-3-5-9-18/h3-13,15H,14,16H2,1-2H3. The molecule has 0 aliphatic heterocycles. The van der Waals surface area contributed by atoms with Gasteiger partial charge in [0.25, 0.3) is 0 Å². The lowest BCUT2D eigenvalue weighted by Crippen LogP contribution is -2.26. The summed E-state index contributed by atoms with van der Waals surface area (Å²) in [6.07, 6.45) is 3.63. The maximum atomic E-state index is 13.1. The normalized spacial score (nSPS) is 11.8. The molecule has 0 aliphatic carbocycles. The molecule has 0 atom stereocenters. The van der Waals surface area contributed by atoms with Crippen LogP contribution in [-0.4, -0.2) is 35.1 Å². The zero-order valence-electron chi connectivity index (χ0n) is 18.1. The second kappa shape index (κ2) is 9.35. The third-order valence-electron chi connectivity index (χ3n) is 5.19. The number of fused-ring (bicyclic) bond motifs is 1. The Kier molecular flexibility index (Phi) is 6.51. The summed E-state index contributed by atoms with van der Waals surface area (Å²) in [5.41, 5.74) is 3.16. The van der Waals surface area contributed by atoms with Gasteiger partial charge in [-0.3, -0.25) is 0 Å². The number of hydrogen-bond donors (Lipinski definition) is 0. The highest BCUT2D eigenvalue weighted by Crippen LogP contribution is 2.24. The van der Waals surface area contributed by atoms with Gasteiger partial charge in [-0.25, -0.2) is 18.2 Å². The molecule has 2 heterocycles. The van der Waals surface area contributed by atoms with Gasteiger partial charge in [-0.05, 0) is 42.3 Å². The number of sulfonamides is 1. The van der Waals surface area contributed by atoms with Crippen LogP contribution in [0.2, 0.25) is 5.02 Å². The second-order valence-electron chi connectivity index (χ2n) is 7.62. The van der Waals surface area contributed by atoms with Crippen LogP contribution in [0.4, 0.5) is 0 Å². The maximum Gasteiger partial charge on any atom is 0.340 e. The number of carbonyl (C=O) groups excluding carboxylic acids is 1. The molecule has 33 heavy (non-hydrogen) atoms. The fraction of sp³-hybridized carbons (Fsp3) is 0.167. The first-order valence-electron chi connectivity index (χ1n) is 10.2. The summed E-state index contributed by atoms with van der Waals surface area (Å²) >= 11 is 6.19. The lowest BCUT2D eigenvalue weighted by atomic mass is 10.2. The van der Waals surface area contributed by atoms with Crippen LogP contribution in [-0.2, 0) is 27.9 Å². The van der Waals surface area contributed by atoms with Crippen molar-refractivity contribution < 1.29 is 17.9 Å². The van der Waals surface area contributed by atoms with E-state index in [1.54, 1.807) is 6.20 Å². The average Bonchev–Trinajstić information content (AvgIpc) is 3.23. The van der Waals surface area contributed by atoms with Crippen LogP contribution >= 0.6 is 11.6 Å². The number of halogens is 1. The van der Waals surface area contributed by atoms with Gasteiger partial charge in [0, 0.05) is 26.0 Å². The van der Waals surface area contributed by atoms with Gasteiger partial charge in [-0.1, -0.05) is 48.0 Å². The van der Waals surface area contributed by atoms with Gasteiger partial charge in [0.2, 0.25) is 10.0 Å². The van der Waals surface area contributed by atoms with E-state index in [1.165, 1.54) is 29.6 Å². The minimum absolute atomic E-state index is 0.0224. The zero-order chi connectivity index (χ0) is 23.6. The summed E-state index contributed by atoms with van der Waals surface area (Å²) in [6, 6.07) is 17.1. The Balaban J connectivity index is 1.52. The first-order valence-corrected chi connectivity index (χ1v) is 12.0. The third kappa shape index (κ3) is 4.93. The van der Waals surface area contributed by atoms with Crippen molar-refractivity contribution in [2.24, 2.45) is 0 Å². The Labute approximate surface area is 197 Å². The molecule has 0 fully saturated rings. The lowest BCUT2D eigenvalue weighted by Gasteiger charge is -2.18. The number of ether oxygens (including phenoxy) is 1. The van der Waals surface area contributed by atoms with Gasteiger partial charge >= 0.3 is 5.97 Å². The van der Waals surface area contributed by atoms with E-state index in [4.69, 9.17) is 16.3 Å². The Morgan fingerprint density at radius 2 is 1.88 bits per heavy atom. The summed E-state index contributed by atoms with van der Waals surface area (Å²) < 4.78 is 34.6. The predicted octanol–water partition coefficient (Wildman–Crippen LogP) is 4.47. The molecule has 170 valence electrons. The third-order valence-corrected chi connectivity index (χ3v) is 7.32. The molecule has 0 N–H and O–H groups in total. The molecule has 0 unspecified atom stereocenters. The van der Waals surface area contributed by atoms with Gasteiger partial charge in [-0.2, -0.15) is 4.31 Å². The van der Waals surface area contributed by atoms with Crippen LogP contribution in [0.15, 0.2) is 78.0 Å². The first-order chi connectivity index (χ1) is 15.8. The quantitative estimate of drug-likeness (QED) is 0.362. The molecule has 0 spiro atoms. The van der Waals surface area contributed by atoms with Crippen LogP contribution < -0.4 is 0 Å². The Morgan fingerprint density at radius 1 is 1.12 bits per heavy atom. The average molecular weight is 484 g/mol. The minimum Gasteiger partial charge on any atom is -0.455 e. The SMILES string of the molecule is Cc1cccn2cc(COC(=O)c3cc(S(=O)(=O)N(C)Cc4ccccc4)ccc3Cl)nc12. The van der Waals surface area contributed by atoms with Crippen LogP contribution in [0.5, 0.6) is 0 Å². The lowest BCUT2D eigenvalue weighted by molar-refractivity contribution is 0.0468. The smallest absolute Gasteiger partial charge is 0.340 e. The summed E-state index contributed by atoms with van der Waals surface area (Å²) in [5, 5.41) is 0.107. The van der Waals surface area contributed by atoms with Crippen LogP contribution in [0.1, 0.15) is 27.2 Å². The molecule has 9 heteroatoms. The molecule has 4 aromatic rings. The number of hydrogen-bond acceptors (Lipinski definition) is 5. The topological polar surface area (TPSA) is 81.0 Å². The van der Waals surface area contributed by atoms with Gasteiger partial charge in [0.15, 0.2) is 0 Å². The minimum atomic E-state index is -3.85. The van der Waals surface area contributed by atoms with Crippen LogP contribution in [0.25, 0.3) is 5.65 Å².